The molecule has 0 fully saturated rings. The molecular weight excluding hydrogens is 332 g/mol. The number of nitro benzene ring substituents is 1. The number of nitrogens with one attached hydrogen (secondary N) is 1. The minimum Gasteiger partial charge on any atom is -0.481 e. The van der Waals surface area contributed by atoms with Gasteiger partial charge < -0.3 is 10.1 Å². The highest BCUT2D eigenvalue weighted by Crippen LogP contribution is 2.27. The molecule has 1 N–H and O–H groups in total. The van der Waals surface area contributed by atoms with E-state index in [-0.39, 0.29) is 11.4 Å². The topological polar surface area (TPSA) is 81.5 Å². The maximum absolute atomic E-state index is 12.4. The maximum atomic E-state index is 12.4. The quantitative estimate of drug-likeness (QED) is 0.598. The lowest BCUT2D eigenvalue weighted by Gasteiger charge is -2.17. The molecule has 0 bridgehead atoms. The Balaban J connectivity index is 2.11. The number of rotatable bonds is 6. The first-order valence-corrected chi connectivity index (χ1v) is 8.52. The van der Waals surface area contributed by atoms with Crippen LogP contribution in [0.2, 0.25) is 0 Å². The van der Waals surface area contributed by atoms with Crippen LogP contribution in [0.15, 0.2) is 36.4 Å². The highest BCUT2D eigenvalue weighted by Gasteiger charge is 2.20. The second kappa shape index (κ2) is 7.99. The number of hydrogen-bond acceptors (Lipinski definition) is 4. The summed E-state index contributed by atoms with van der Waals surface area (Å²) in [4.78, 5) is 23.0. The Kier molecular flexibility index (Phi) is 5.97. The van der Waals surface area contributed by atoms with Gasteiger partial charge in [-0.2, -0.15) is 0 Å². The molecule has 0 saturated heterocycles. The minimum absolute atomic E-state index is 0.136. The Hall–Kier alpha value is -2.89. The smallest absolute Gasteiger partial charge is 0.293 e. The SMILES string of the molecule is Cc1ccc(NC(=O)C(C)Oc2ccc(C(C)C)c(C)c2)c([N+](=O)[O-])c1. The molecule has 26 heavy (non-hydrogen) atoms. The highest BCUT2D eigenvalue weighted by molar-refractivity contribution is 5.96. The van der Waals surface area contributed by atoms with Gasteiger partial charge in [0.25, 0.3) is 11.6 Å². The van der Waals surface area contributed by atoms with Crippen LogP contribution in [0.25, 0.3) is 0 Å². The molecule has 2 rings (SSSR count). The Morgan fingerprint density at radius 3 is 2.38 bits per heavy atom. The number of benzene rings is 2. The third-order valence-corrected chi connectivity index (χ3v) is 4.15. The van der Waals surface area contributed by atoms with Gasteiger partial charge in [0.1, 0.15) is 11.4 Å². The highest BCUT2D eigenvalue weighted by atomic mass is 16.6. The molecule has 0 spiro atoms. The van der Waals surface area contributed by atoms with Gasteiger partial charge in [0.15, 0.2) is 6.10 Å². The lowest BCUT2D eigenvalue weighted by molar-refractivity contribution is -0.384. The van der Waals surface area contributed by atoms with E-state index in [4.69, 9.17) is 4.74 Å². The van der Waals surface area contributed by atoms with E-state index >= 15 is 0 Å². The summed E-state index contributed by atoms with van der Waals surface area (Å²) in [6.45, 7) is 9.61. The van der Waals surface area contributed by atoms with E-state index in [0.29, 0.717) is 11.7 Å². The monoisotopic (exact) mass is 356 g/mol. The molecule has 0 radical (unpaired) electrons. The molecular formula is C20H24N2O4. The Morgan fingerprint density at radius 2 is 1.81 bits per heavy atom. The predicted octanol–water partition coefficient (Wildman–Crippen LogP) is 4.74. The average Bonchev–Trinajstić information content (AvgIpc) is 2.55. The molecule has 0 aliphatic rings. The minimum atomic E-state index is -0.791. The third-order valence-electron chi connectivity index (χ3n) is 4.15. The van der Waals surface area contributed by atoms with Crippen LogP contribution in [0, 0.1) is 24.0 Å². The number of hydrogen-bond donors (Lipinski definition) is 1. The van der Waals surface area contributed by atoms with Crippen LogP contribution in [-0.4, -0.2) is 16.9 Å². The van der Waals surface area contributed by atoms with Gasteiger partial charge >= 0.3 is 0 Å². The summed E-state index contributed by atoms with van der Waals surface area (Å²) < 4.78 is 5.71. The van der Waals surface area contributed by atoms with Crippen LogP contribution in [0.3, 0.4) is 0 Å². The number of aryl methyl sites for hydroxylation is 2. The summed E-state index contributed by atoms with van der Waals surface area (Å²) in [6.07, 6.45) is -0.791. The zero-order valence-corrected chi connectivity index (χ0v) is 15.7. The number of carbonyl (C=O) groups excluding carboxylic acids is 1. The van der Waals surface area contributed by atoms with Crippen molar-refractivity contribution >= 4 is 17.3 Å². The first kappa shape index (κ1) is 19.4. The summed E-state index contributed by atoms with van der Waals surface area (Å²) in [5.41, 5.74) is 3.10. The van der Waals surface area contributed by atoms with E-state index in [1.807, 2.05) is 25.1 Å². The van der Waals surface area contributed by atoms with Crippen LogP contribution in [0.4, 0.5) is 11.4 Å². The molecule has 1 unspecified atom stereocenters. The molecule has 2 aromatic carbocycles. The van der Waals surface area contributed by atoms with Crippen molar-refractivity contribution in [3.05, 3.63) is 63.2 Å². The fourth-order valence-corrected chi connectivity index (χ4v) is 2.76. The lowest BCUT2D eigenvalue weighted by Crippen LogP contribution is -2.30. The van der Waals surface area contributed by atoms with Crippen LogP contribution in [0.5, 0.6) is 5.75 Å². The number of ether oxygens (including phenoxy) is 1. The van der Waals surface area contributed by atoms with Crippen LogP contribution in [-0.2, 0) is 4.79 Å². The van der Waals surface area contributed by atoms with Crippen LogP contribution >= 0.6 is 0 Å². The zero-order chi connectivity index (χ0) is 19.4. The van der Waals surface area contributed by atoms with E-state index < -0.39 is 16.9 Å². The molecule has 6 heteroatoms. The van der Waals surface area contributed by atoms with E-state index in [9.17, 15) is 14.9 Å². The number of nitro groups is 1. The summed E-state index contributed by atoms with van der Waals surface area (Å²) >= 11 is 0. The van der Waals surface area contributed by atoms with E-state index in [0.717, 1.165) is 11.1 Å². The van der Waals surface area contributed by atoms with Gasteiger partial charge in [0, 0.05) is 6.07 Å². The molecule has 1 atom stereocenters. The van der Waals surface area contributed by atoms with Crippen molar-refractivity contribution in [2.45, 2.75) is 46.6 Å². The molecule has 2 aromatic rings. The first-order valence-electron chi connectivity index (χ1n) is 8.52. The largest absolute Gasteiger partial charge is 0.481 e. The van der Waals surface area contributed by atoms with Gasteiger partial charge in [-0.3, -0.25) is 14.9 Å². The fourth-order valence-electron chi connectivity index (χ4n) is 2.76. The molecule has 1 amide bonds. The number of amides is 1. The van der Waals surface area contributed by atoms with Gasteiger partial charge in [0.05, 0.1) is 4.92 Å². The zero-order valence-electron chi connectivity index (χ0n) is 15.7. The van der Waals surface area contributed by atoms with Crippen molar-refractivity contribution in [1.29, 1.82) is 0 Å². The summed E-state index contributed by atoms with van der Waals surface area (Å²) in [5, 5.41) is 13.7. The molecule has 0 saturated carbocycles. The van der Waals surface area contributed by atoms with Crippen molar-refractivity contribution in [3.8, 4) is 5.75 Å². The van der Waals surface area contributed by atoms with Crippen molar-refractivity contribution in [2.75, 3.05) is 5.32 Å². The van der Waals surface area contributed by atoms with E-state index in [1.165, 1.54) is 17.7 Å². The third kappa shape index (κ3) is 4.59. The number of anilines is 1. The van der Waals surface area contributed by atoms with E-state index in [2.05, 4.69) is 19.2 Å². The van der Waals surface area contributed by atoms with Gasteiger partial charge in [0.2, 0.25) is 0 Å². The van der Waals surface area contributed by atoms with Gasteiger partial charge in [-0.15, -0.1) is 0 Å². The second-order valence-corrected chi connectivity index (χ2v) is 6.70. The van der Waals surface area contributed by atoms with Gasteiger partial charge in [-0.1, -0.05) is 26.0 Å². The summed E-state index contributed by atoms with van der Waals surface area (Å²) in [5.74, 6) is 0.558. The fraction of sp³-hybridized carbons (Fsp3) is 0.350. The number of carbonyl (C=O) groups is 1. The normalized spacial score (nSPS) is 11.9. The molecule has 6 nitrogen and oxygen atoms in total. The summed E-state index contributed by atoms with van der Waals surface area (Å²) in [7, 11) is 0. The molecule has 138 valence electrons. The first-order chi connectivity index (χ1) is 12.2. The van der Waals surface area contributed by atoms with E-state index in [1.54, 1.807) is 19.9 Å². The van der Waals surface area contributed by atoms with Crippen molar-refractivity contribution in [1.82, 2.24) is 0 Å². The number of nitrogens with zero attached hydrogens (tertiary/aromatic N) is 1. The van der Waals surface area contributed by atoms with Crippen molar-refractivity contribution in [3.63, 3.8) is 0 Å². The molecule has 0 aliphatic carbocycles. The second-order valence-electron chi connectivity index (χ2n) is 6.70. The van der Waals surface area contributed by atoms with Crippen LogP contribution in [0.1, 0.15) is 43.4 Å². The summed E-state index contributed by atoms with van der Waals surface area (Å²) in [6, 6.07) is 10.4. The molecule has 0 heterocycles. The average molecular weight is 356 g/mol. The molecule has 0 aliphatic heterocycles. The van der Waals surface area contributed by atoms with Crippen molar-refractivity contribution in [2.24, 2.45) is 0 Å². The van der Waals surface area contributed by atoms with Gasteiger partial charge in [-0.25, -0.2) is 0 Å². The molecule has 0 aromatic heterocycles. The van der Waals surface area contributed by atoms with Gasteiger partial charge in [-0.05, 0) is 61.6 Å². The van der Waals surface area contributed by atoms with Crippen molar-refractivity contribution < 1.29 is 14.5 Å². The Morgan fingerprint density at radius 1 is 1.12 bits per heavy atom. The predicted molar refractivity (Wildman–Crippen MR) is 102 cm³/mol. The standard InChI is InChI=1S/C20H24N2O4/c1-12(2)17-8-7-16(11-14(17)4)26-15(5)20(23)21-18-9-6-13(3)10-19(18)22(24)25/h6-12,15H,1-5H3,(H,21,23). The Labute approximate surface area is 153 Å². The lowest BCUT2D eigenvalue weighted by atomic mass is 9.98. The van der Waals surface area contributed by atoms with Crippen LogP contribution < -0.4 is 10.1 Å². The maximum Gasteiger partial charge on any atom is 0.293 e. The Bertz CT molecular complexity index is 831.